The summed E-state index contributed by atoms with van der Waals surface area (Å²) >= 11 is 3.52. The van der Waals surface area contributed by atoms with Gasteiger partial charge in [0.2, 0.25) is 0 Å². The SMILES string of the molecule is CC(C)c1ccc(C2O[C@H]([C@H](O)CO)[C@H](O)[C@H](CO)O2)cc1Br. The highest BCUT2D eigenvalue weighted by atomic mass is 79.9. The van der Waals surface area contributed by atoms with Gasteiger partial charge in [0, 0.05) is 10.0 Å². The van der Waals surface area contributed by atoms with Crippen LogP contribution < -0.4 is 0 Å². The Morgan fingerprint density at radius 3 is 2.43 bits per heavy atom. The lowest BCUT2D eigenvalue weighted by molar-refractivity contribution is -0.310. The highest BCUT2D eigenvalue weighted by Gasteiger charge is 2.42. The fraction of sp³-hybridized carbons (Fsp3) is 0.625. The summed E-state index contributed by atoms with van der Waals surface area (Å²) in [5.74, 6) is 0.350. The first-order valence-corrected chi connectivity index (χ1v) is 8.36. The van der Waals surface area contributed by atoms with Crippen molar-refractivity contribution in [3.63, 3.8) is 0 Å². The molecule has 1 aromatic carbocycles. The van der Waals surface area contributed by atoms with Crippen molar-refractivity contribution in [1.29, 1.82) is 0 Å². The quantitative estimate of drug-likeness (QED) is 0.599. The Bertz CT molecular complexity index is 523. The summed E-state index contributed by atoms with van der Waals surface area (Å²) in [4.78, 5) is 0. The van der Waals surface area contributed by atoms with Gasteiger partial charge in [0.1, 0.15) is 24.4 Å². The van der Waals surface area contributed by atoms with Crippen molar-refractivity contribution >= 4 is 15.9 Å². The molecule has 5 atom stereocenters. The first kappa shape index (κ1) is 18.8. The molecule has 0 bridgehead atoms. The average Bonchev–Trinajstić information content (AvgIpc) is 2.53. The maximum Gasteiger partial charge on any atom is 0.185 e. The number of rotatable bonds is 5. The van der Waals surface area contributed by atoms with Gasteiger partial charge >= 0.3 is 0 Å². The van der Waals surface area contributed by atoms with Crippen LogP contribution in [0, 0.1) is 0 Å². The van der Waals surface area contributed by atoms with Gasteiger partial charge in [0.05, 0.1) is 13.2 Å². The Kier molecular flexibility index (Phi) is 6.56. The molecule has 2 rings (SSSR count). The van der Waals surface area contributed by atoms with Gasteiger partial charge in [-0.05, 0) is 17.5 Å². The Balaban J connectivity index is 2.26. The van der Waals surface area contributed by atoms with Crippen LogP contribution in [0.3, 0.4) is 0 Å². The summed E-state index contributed by atoms with van der Waals surface area (Å²) in [6.07, 6.45) is -5.28. The van der Waals surface area contributed by atoms with E-state index in [1.807, 2.05) is 18.2 Å². The summed E-state index contributed by atoms with van der Waals surface area (Å²) in [7, 11) is 0. The molecule has 23 heavy (non-hydrogen) atoms. The number of benzene rings is 1. The van der Waals surface area contributed by atoms with Crippen molar-refractivity contribution in [2.45, 2.75) is 50.5 Å². The Morgan fingerprint density at radius 2 is 1.91 bits per heavy atom. The second-order valence-corrected chi connectivity index (χ2v) is 6.82. The van der Waals surface area contributed by atoms with E-state index in [2.05, 4.69) is 29.8 Å². The first-order valence-electron chi connectivity index (χ1n) is 7.57. The van der Waals surface area contributed by atoms with Crippen molar-refractivity contribution in [2.75, 3.05) is 13.2 Å². The molecule has 0 aliphatic carbocycles. The molecule has 0 saturated carbocycles. The van der Waals surface area contributed by atoms with Crippen LogP contribution >= 0.6 is 15.9 Å². The minimum atomic E-state index is -1.26. The van der Waals surface area contributed by atoms with Crippen LogP contribution in [0.5, 0.6) is 0 Å². The van der Waals surface area contributed by atoms with E-state index >= 15 is 0 Å². The van der Waals surface area contributed by atoms with Gasteiger partial charge in [-0.2, -0.15) is 0 Å². The molecule has 1 heterocycles. The molecule has 1 saturated heterocycles. The topological polar surface area (TPSA) is 99.4 Å². The Morgan fingerprint density at radius 1 is 1.22 bits per heavy atom. The zero-order chi connectivity index (χ0) is 17.1. The van der Waals surface area contributed by atoms with Gasteiger partial charge in [-0.15, -0.1) is 0 Å². The van der Waals surface area contributed by atoms with E-state index in [-0.39, 0.29) is 0 Å². The third-order valence-electron chi connectivity index (χ3n) is 3.96. The standard InChI is InChI=1S/C16H23BrO6/c1-8(2)10-4-3-9(5-11(10)17)16-22-13(7-19)14(21)15(23-16)12(20)6-18/h3-5,8,12-16,18-21H,6-7H2,1-2H3/t12-,13+,14-,15-,16?/m1/s1. The highest BCUT2D eigenvalue weighted by Crippen LogP contribution is 2.34. The average molecular weight is 391 g/mol. The van der Waals surface area contributed by atoms with Crippen LogP contribution in [-0.2, 0) is 9.47 Å². The maximum atomic E-state index is 10.1. The van der Waals surface area contributed by atoms with Crippen molar-refractivity contribution < 1.29 is 29.9 Å². The largest absolute Gasteiger partial charge is 0.394 e. The van der Waals surface area contributed by atoms with Gasteiger partial charge in [0.15, 0.2) is 6.29 Å². The van der Waals surface area contributed by atoms with E-state index in [0.29, 0.717) is 11.5 Å². The van der Waals surface area contributed by atoms with E-state index in [0.717, 1.165) is 10.0 Å². The first-order chi connectivity index (χ1) is 10.9. The van der Waals surface area contributed by atoms with Crippen molar-refractivity contribution in [3.8, 4) is 0 Å². The minimum absolute atomic E-state index is 0.350. The van der Waals surface area contributed by atoms with E-state index in [9.17, 15) is 15.3 Å². The Labute approximate surface area is 143 Å². The molecule has 1 unspecified atom stereocenters. The molecule has 0 aromatic heterocycles. The molecule has 130 valence electrons. The second-order valence-electron chi connectivity index (χ2n) is 5.97. The molecule has 1 fully saturated rings. The summed E-state index contributed by atoms with van der Waals surface area (Å²) in [5.41, 5.74) is 1.83. The van der Waals surface area contributed by atoms with Gasteiger partial charge in [-0.3, -0.25) is 0 Å². The molecule has 1 aliphatic heterocycles. The zero-order valence-electron chi connectivity index (χ0n) is 13.1. The van der Waals surface area contributed by atoms with E-state index < -0.39 is 43.9 Å². The monoisotopic (exact) mass is 390 g/mol. The van der Waals surface area contributed by atoms with Crippen LogP contribution in [-0.4, -0.2) is 58.1 Å². The Hall–Kier alpha value is -0.540. The number of ether oxygens (including phenoxy) is 2. The van der Waals surface area contributed by atoms with Crippen molar-refractivity contribution in [3.05, 3.63) is 33.8 Å². The van der Waals surface area contributed by atoms with Crippen molar-refractivity contribution in [2.24, 2.45) is 0 Å². The third-order valence-corrected chi connectivity index (χ3v) is 4.65. The van der Waals surface area contributed by atoms with Gasteiger partial charge in [-0.25, -0.2) is 0 Å². The molecule has 4 N–H and O–H groups in total. The zero-order valence-corrected chi connectivity index (χ0v) is 14.7. The summed E-state index contributed by atoms with van der Waals surface area (Å²) in [6, 6.07) is 5.65. The van der Waals surface area contributed by atoms with E-state index in [1.165, 1.54) is 0 Å². The van der Waals surface area contributed by atoms with Crippen LogP contribution in [0.4, 0.5) is 0 Å². The highest BCUT2D eigenvalue weighted by molar-refractivity contribution is 9.10. The summed E-state index contributed by atoms with van der Waals surface area (Å²) < 4.78 is 12.1. The van der Waals surface area contributed by atoms with E-state index in [1.54, 1.807) is 0 Å². The maximum absolute atomic E-state index is 10.1. The van der Waals surface area contributed by atoms with Crippen LogP contribution in [0.15, 0.2) is 22.7 Å². The molecule has 7 heteroatoms. The third kappa shape index (κ3) is 4.11. The van der Waals surface area contributed by atoms with Gasteiger partial charge in [0.25, 0.3) is 0 Å². The smallest absolute Gasteiger partial charge is 0.185 e. The van der Waals surface area contributed by atoms with Crippen LogP contribution in [0.2, 0.25) is 0 Å². The van der Waals surface area contributed by atoms with Crippen LogP contribution in [0.1, 0.15) is 37.2 Å². The molecule has 1 aliphatic rings. The normalized spacial score (nSPS) is 29.7. The minimum Gasteiger partial charge on any atom is -0.394 e. The number of hydrogen-bond donors (Lipinski definition) is 4. The fourth-order valence-corrected chi connectivity index (χ4v) is 3.45. The van der Waals surface area contributed by atoms with E-state index in [4.69, 9.17) is 14.6 Å². The van der Waals surface area contributed by atoms with Crippen LogP contribution in [0.25, 0.3) is 0 Å². The molecular weight excluding hydrogens is 368 g/mol. The predicted molar refractivity (Wildman–Crippen MR) is 86.9 cm³/mol. The van der Waals surface area contributed by atoms with Gasteiger partial charge < -0.3 is 29.9 Å². The predicted octanol–water partition coefficient (Wildman–Crippen LogP) is 1.06. The lowest BCUT2D eigenvalue weighted by Crippen LogP contribution is -2.54. The molecule has 0 spiro atoms. The lowest BCUT2D eigenvalue weighted by atomic mass is 9.99. The number of hydrogen-bond acceptors (Lipinski definition) is 6. The summed E-state index contributed by atoms with van der Waals surface area (Å²) in [5, 5.41) is 38.4. The molecule has 0 radical (unpaired) electrons. The number of aliphatic hydroxyl groups excluding tert-OH is 4. The molecular formula is C16H23BrO6. The number of aliphatic hydroxyl groups is 4. The summed E-state index contributed by atoms with van der Waals surface area (Å²) in [6.45, 7) is 3.20. The number of halogens is 1. The molecule has 1 aromatic rings. The second kappa shape index (κ2) is 8.02. The molecule has 6 nitrogen and oxygen atoms in total. The molecule has 0 amide bonds. The van der Waals surface area contributed by atoms with Gasteiger partial charge in [-0.1, -0.05) is 41.9 Å². The fourth-order valence-electron chi connectivity index (χ4n) is 2.59. The van der Waals surface area contributed by atoms with Crippen molar-refractivity contribution in [1.82, 2.24) is 0 Å². The lowest BCUT2D eigenvalue weighted by Gasteiger charge is -2.40.